The highest BCUT2D eigenvalue weighted by atomic mass is 31.2. The van der Waals surface area contributed by atoms with Crippen LogP contribution in [0, 0.1) is 6.92 Å². The Kier molecular flexibility index (Phi) is 7.32. The molecule has 4 aromatic heterocycles. The summed E-state index contributed by atoms with van der Waals surface area (Å²) in [6, 6.07) is 0. The first-order chi connectivity index (χ1) is 20.3. The van der Waals surface area contributed by atoms with E-state index in [0.29, 0.717) is 16.9 Å². The smallest absolute Gasteiger partial charge is 0.394 e. The number of H-pyrrole nitrogens is 1. The van der Waals surface area contributed by atoms with E-state index in [0.717, 1.165) is 10.9 Å². The zero-order valence-electron chi connectivity index (χ0n) is 22.5. The Balaban J connectivity index is 1.21. The number of nitrogens with zero attached hydrogens (tertiary/aromatic N) is 7. The molecule has 0 spiro atoms. The van der Waals surface area contributed by atoms with Gasteiger partial charge in [0.15, 0.2) is 29.3 Å². The molecule has 21 heteroatoms. The van der Waals surface area contributed by atoms with E-state index in [9.17, 15) is 34.7 Å². The summed E-state index contributed by atoms with van der Waals surface area (Å²) in [7, 11) is -5.08. The fraction of sp³-hybridized carbons (Fsp3) is 0.545. The van der Waals surface area contributed by atoms with E-state index in [1.165, 1.54) is 24.1 Å². The van der Waals surface area contributed by atoms with Gasteiger partial charge in [0.2, 0.25) is 5.95 Å². The van der Waals surface area contributed by atoms with E-state index in [4.69, 9.17) is 24.3 Å². The summed E-state index contributed by atoms with van der Waals surface area (Å²) in [5.74, 6) is -0.250. The van der Waals surface area contributed by atoms with Crippen LogP contribution in [-0.4, -0.2) is 114 Å². The molecule has 9 atom stereocenters. The van der Waals surface area contributed by atoms with Gasteiger partial charge in [0, 0.05) is 0 Å². The number of aliphatic hydroxyl groups excluding tert-OH is 4. The highest BCUT2D eigenvalue weighted by Crippen LogP contribution is 2.51. The quantitative estimate of drug-likeness (QED) is 0.101. The summed E-state index contributed by atoms with van der Waals surface area (Å²) in [5, 5.41) is 42.1. The lowest BCUT2D eigenvalue weighted by Gasteiger charge is -2.29. The number of nitrogens with two attached hydrogens (primary N) is 1. The number of ether oxygens (including phenoxy) is 2. The summed E-state index contributed by atoms with van der Waals surface area (Å²) in [5.41, 5.74) is 4.39. The van der Waals surface area contributed by atoms with Gasteiger partial charge in [-0.3, -0.25) is 28.0 Å². The van der Waals surface area contributed by atoms with E-state index in [1.54, 1.807) is 6.92 Å². The zero-order valence-corrected chi connectivity index (χ0v) is 23.4. The third kappa shape index (κ3) is 5.00. The van der Waals surface area contributed by atoms with E-state index in [-0.39, 0.29) is 17.1 Å². The van der Waals surface area contributed by atoms with Gasteiger partial charge in [-0.05, 0) is 13.8 Å². The average molecular weight is 625 g/mol. The SMILES string of the molecule is Cc1ncnc2c1ncn2[C@@H]1O[C@@](C)(COP(=O)(O)O[C@@H]2[C@H](O)[C@@H](CO)O[C@H]2n2cnc3c(=O)[nH]c(N)nc32)[C@@H](O)[C@H]1O. The second kappa shape index (κ2) is 10.6. The van der Waals surface area contributed by atoms with Crippen LogP contribution >= 0.6 is 7.82 Å². The molecule has 8 N–H and O–H groups in total. The van der Waals surface area contributed by atoms with Gasteiger partial charge < -0.3 is 40.5 Å². The highest BCUT2D eigenvalue weighted by Gasteiger charge is 2.54. The number of nitrogens with one attached hydrogen (secondary N) is 1. The van der Waals surface area contributed by atoms with Crippen LogP contribution in [0.5, 0.6) is 0 Å². The molecular formula is C22H28N9O11P. The molecule has 2 aliphatic heterocycles. The van der Waals surface area contributed by atoms with Gasteiger partial charge >= 0.3 is 7.82 Å². The summed E-state index contributed by atoms with van der Waals surface area (Å²) >= 11 is 0. The normalized spacial score (nSPS) is 32.6. The van der Waals surface area contributed by atoms with Crippen LogP contribution in [0.1, 0.15) is 25.1 Å². The Labute approximate surface area is 240 Å². The average Bonchev–Trinajstić information content (AvgIpc) is 3.70. The van der Waals surface area contributed by atoms with Crippen LogP contribution in [0.2, 0.25) is 0 Å². The third-order valence-electron chi connectivity index (χ3n) is 7.43. The number of aromatic amines is 1. The van der Waals surface area contributed by atoms with E-state index in [2.05, 4.69) is 29.9 Å². The van der Waals surface area contributed by atoms with Gasteiger partial charge in [0.25, 0.3) is 5.56 Å². The molecule has 20 nitrogen and oxygen atoms in total. The molecule has 0 bridgehead atoms. The maximum absolute atomic E-state index is 13.1. The van der Waals surface area contributed by atoms with Gasteiger partial charge in [-0.1, -0.05) is 0 Å². The number of imidazole rings is 2. The van der Waals surface area contributed by atoms with Gasteiger partial charge in [-0.2, -0.15) is 4.98 Å². The number of aliphatic hydroxyl groups is 4. The highest BCUT2D eigenvalue weighted by molar-refractivity contribution is 7.47. The molecule has 43 heavy (non-hydrogen) atoms. The first-order valence-corrected chi connectivity index (χ1v) is 14.3. The first kappa shape index (κ1) is 29.6. The summed E-state index contributed by atoms with van der Waals surface area (Å²) in [4.78, 5) is 45.6. The molecule has 0 amide bonds. The maximum atomic E-state index is 13.1. The Morgan fingerprint density at radius 2 is 1.79 bits per heavy atom. The number of aryl methyl sites for hydroxylation is 1. The zero-order chi connectivity index (χ0) is 30.8. The van der Waals surface area contributed by atoms with Crippen molar-refractivity contribution in [2.45, 2.75) is 62.4 Å². The van der Waals surface area contributed by atoms with Crippen LogP contribution < -0.4 is 11.3 Å². The van der Waals surface area contributed by atoms with Crippen molar-refractivity contribution in [1.82, 2.24) is 39.0 Å². The second-order valence-electron chi connectivity index (χ2n) is 10.4. The lowest BCUT2D eigenvalue weighted by molar-refractivity contribution is -0.117. The number of nitrogen functional groups attached to an aromatic ring is 1. The van der Waals surface area contributed by atoms with Crippen molar-refractivity contribution in [3.63, 3.8) is 0 Å². The molecule has 232 valence electrons. The number of fused-ring (bicyclic) bond motifs is 2. The van der Waals surface area contributed by atoms with E-state index in [1.807, 2.05) is 0 Å². The maximum Gasteiger partial charge on any atom is 0.472 e. The number of hydrogen-bond donors (Lipinski definition) is 7. The molecular weight excluding hydrogens is 597 g/mol. The van der Waals surface area contributed by atoms with Crippen LogP contribution in [0.3, 0.4) is 0 Å². The molecule has 0 radical (unpaired) electrons. The Bertz CT molecular complexity index is 1780. The summed E-state index contributed by atoms with van der Waals surface area (Å²) in [6.07, 6.45) is -6.49. The largest absolute Gasteiger partial charge is 0.472 e. The number of phosphoric acid groups is 1. The summed E-state index contributed by atoms with van der Waals surface area (Å²) < 4.78 is 37.7. The Morgan fingerprint density at radius 1 is 1.09 bits per heavy atom. The molecule has 0 aromatic carbocycles. The minimum absolute atomic E-state index is 0.0816. The molecule has 6 heterocycles. The molecule has 0 aliphatic carbocycles. The predicted molar refractivity (Wildman–Crippen MR) is 141 cm³/mol. The molecule has 2 fully saturated rings. The summed E-state index contributed by atoms with van der Waals surface area (Å²) in [6.45, 7) is 1.63. The first-order valence-electron chi connectivity index (χ1n) is 12.8. The van der Waals surface area contributed by atoms with Gasteiger partial charge in [-0.15, -0.1) is 0 Å². The van der Waals surface area contributed by atoms with Crippen molar-refractivity contribution >= 4 is 36.1 Å². The van der Waals surface area contributed by atoms with Gasteiger partial charge in [0.1, 0.15) is 48.0 Å². The minimum Gasteiger partial charge on any atom is -0.394 e. The fourth-order valence-electron chi connectivity index (χ4n) is 5.16. The van der Waals surface area contributed by atoms with Gasteiger partial charge in [-0.25, -0.2) is 24.5 Å². The number of aromatic nitrogens is 8. The number of hydrogen-bond acceptors (Lipinski definition) is 16. The van der Waals surface area contributed by atoms with Crippen LogP contribution in [0.15, 0.2) is 23.8 Å². The van der Waals surface area contributed by atoms with Crippen molar-refractivity contribution in [2.75, 3.05) is 18.9 Å². The fourth-order valence-corrected chi connectivity index (χ4v) is 6.17. The van der Waals surface area contributed by atoms with Crippen molar-refractivity contribution in [3.05, 3.63) is 35.0 Å². The number of anilines is 1. The topological polar surface area (TPSA) is 288 Å². The van der Waals surface area contributed by atoms with E-state index < -0.39 is 75.2 Å². The van der Waals surface area contributed by atoms with Crippen LogP contribution in [-0.2, 0) is 23.1 Å². The van der Waals surface area contributed by atoms with Crippen molar-refractivity contribution in [1.29, 1.82) is 0 Å². The Morgan fingerprint density at radius 3 is 2.51 bits per heavy atom. The van der Waals surface area contributed by atoms with Crippen molar-refractivity contribution < 1.29 is 48.4 Å². The van der Waals surface area contributed by atoms with Crippen LogP contribution in [0.4, 0.5) is 5.95 Å². The number of rotatable bonds is 8. The molecule has 2 aliphatic rings. The molecule has 1 unspecified atom stereocenters. The van der Waals surface area contributed by atoms with Crippen molar-refractivity contribution in [2.24, 2.45) is 0 Å². The molecule has 2 saturated heterocycles. The molecule has 4 aromatic rings. The molecule has 0 saturated carbocycles. The lowest BCUT2D eigenvalue weighted by Crippen LogP contribution is -2.44. The number of phosphoric ester groups is 1. The Hall–Kier alpha value is -3.43. The minimum atomic E-state index is -5.08. The lowest BCUT2D eigenvalue weighted by atomic mass is 9.99. The van der Waals surface area contributed by atoms with Crippen molar-refractivity contribution in [3.8, 4) is 0 Å². The van der Waals surface area contributed by atoms with Crippen LogP contribution in [0.25, 0.3) is 22.3 Å². The predicted octanol–water partition coefficient (Wildman–Crippen LogP) is -2.39. The van der Waals surface area contributed by atoms with Gasteiger partial charge in [0.05, 0.1) is 31.6 Å². The van der Waals surface area contributed by atoms with E-state index >= 15 is 0 Å². The molecule has 6 rings (SSSR count). The monoisotopic (exact) mass is 625 g/mol. The third-order valence-corrected chi connectivity index (χ3v) is 8.40. The second-order valence-corrected chi connectivity index (χ2v) is 11.8. The standard InChI is InChI=1S/C22H28N9O11P/c1-8-10-16(25-5-24-8)30(6-26-10)19-13(34)15(35)22(2,41-19)4-39-43(37,38)42-14-12(33)9(3-32)40-20(14)31-7-27-11-17(31)28-21(23)29-18(11)36/h5-7,9,12-15,19-20,32-35H,3-4H2,1-2H3,(H,37,38)(H3,23,28,29,36)/t9-,12-,13-,14-,15+,19-,20-,22+/m1/s1.